The molecule has 7 heteroatoms. The van der Waals surface area contributed by atoms with Crippen molar-refractivity contribution in [2.45, 2.75) is 18.6 Å². The van der Waals surface area contributed by atoms with Crippen molar-refractivity contribution in [2.24, 2.45) is 23.2 Å². The molecule has 144 valence electrons. The minimum Gasteiger partial charge on any atom is -0.481 e. The topological polar surface area (TPSA) is 69.5 Å². The highest BCUT2D eigenvalue weighted by molar-refractivity contribution is 5.91. The van der Waals surface area contributed by atoms with Crippen molar-refractivity contribution in [2.75, 3.05) is 20.8 Å². The normalized spacial score (nSPS) is 39.7. The summed E-state index contributed by atoms with van der Waals surface area (Å²) in [4.78, 5) is 15.2. The first-order valence-corrected chi connectivity index (χ1v) is 9.74. The van der Waals surface area contributed by atoms with Crippen LogP contribution in [0.3, 0.4) is 0 Å². The summed E-state index contributed by atoms with van der Waals surface area (Å²) in [7, 11) is 3.56. The Hall–Kier alpha value is -2.67. The monoisotopic (exact) mass is 378 g/mol. The van der Waals surface area contributed by atoms with Gasteiger partial charge in [-0.15, -0.1) is 11.7 Å². The maximum Gasteiger partial charge on any atom is 0.233 e. The van der Waals surface area contributed by atoms with E-state index in [0.29, 0.717) is 18.4 Å². The summed E-state index contributed by atoms with van der Waals surface area (Å²) in [5.41, 5.74) is 2.13. The zero-order valence-corrected chi connectivity index (χ0v) is 15.9. The van der Waals surface area contributed by atoms with E-state index in [1.165, 1.54) is 0 Å². The molecule has 4 aliphatic rings. The van der Waals surface area contributed by atoms with Crippen molar-refractivity contribution in [3.63, 3.8) is 0 Å². The summed E-state index contributed by atoms with van der Waals surface area (Å²) in [6, 6.07) is 7.91. The fourth-order valence-electron chi connectivity index (χ4n) is 6.55. The molecule has 1 aromatic carbocycles. The second kappa shape index (κ2) is 5.23. The SMILES string of the molecule is C=CC12C(=O)N(C)C3C4COC(CC41)C(=C(OC)n1nnc4ccccc41)C32. The van der Waals surface area contributed by atoms with E-state index in [0.717, 1.165) is 23.0 Å². The van der Waals surface area contributed by atoms with Gasteiger partial charge in [0.2, 0.25) is 11.8 Å². The summed E-state index contributed by atoms with van der Waals surface area (Å²) < 4.78 is 13.9. The number of carbonyl (C=O) groups is 1. The molecule has 6 rings (SSSR count). The molecule has 2 aromatic rings. The van der Waals surface area contributed by atoms with E-state index < -0.39 is 5.41 Å². The van der Waals surface area contributed by atoms with Crippen LogP contribution in [0.1, 0.15) is 6.42 Å². The number of para-hydroxylation sites is 1. The van der Waals surface area contributed by atoms with Crippen molar-refractivity contribution in [1.29, 1.82) is 0 Å². The number of rotatable bonds is 3. The van der Waals surface area contributed by atoms with Gasteiger partial charge in [-0.1, -0.05) is 23.4 Å². The number of aromatic nitrogens is 3. The van der Waals surface area contributed by atoms with Crippen molar-refractivity contribution < 1.29 is 14.3 Å². The molecular weight excluding hydrogens is 356 g/mol. The van der Waals surface area contributed by atoms with Crippen LogP contribution in [-0.2, 0) is 14.3 Å². The van der Waals surface area contributed by atoms with Crippen LogP contribution >= 0.6 is 0 Å². The second-order valence-corrected chi connectivity index (χ2v) is 8.30. The molecule has 28 heavy (non-hydrogen) atoms. The number of ether oxygens (including phenoxy) is 2. The van der Waals surface area contributed by atoms with E-state index in [2.05, 4.69) is 16.9 Å². The molecule has 4 fully saturated rings. The van der Waals surface area contributed by atoms with Crippen molar-refractivity contribution >= 4 is 22.8 Å². The van der Waals surface area contributed by atoms with Crippen LogP contribution in [0.5, 0.6) is 0 Å². The molecule has 2 aliphatic carbocycles. The Balaban J connectivity index is 1.64. The fourth-order valence-corrected chi connectivity index (χ4v) is 6.55. The van der Waals surface area contributed by atoms with E-state index in [-0.39, 0.29) is 29.9 Å². The minimum atomic E-state index is -0.570. The number of fused-ring (bicyclic) bond motifs is 3. The smallest absolute Gasteiger partial charge is 0.233 e. The first-order valence-electron chi connectivity index (χ1n) is 9.74. The number of hydrogen-bond donors (Lipinski definition) is 0. The number of benzene rings is 1. The fraction of sp³-hybridized carbons (Fsp3) is 0.476. The Morgan fingerprint density at radius 2 is 2.25 bits per heavy atom. The summed E-state index contributed by atoms with van der Waals surface area (Å²) in [6.45, 7) is 4.78. The molecule has 6 unspecified atom stereocenters. The Kier molecular flexibility index (Phi) is 3.04. The zero-order valence-electron chi connectivity index (χ0n) is 15.9. The highest BCUT2D eigenvalue weighted by Gasteiger charge is 2.75. The molecule has 2 saturated heterocycles. The molecule has 2 saturated carbocycles. The minimum absolute atomic E-state index is 0.00309. The van der Waals surface area contributed by atoms with Gasteiger partial charge in [-0.25, -0.2) is 0 Å². The summed E-state index contributed by atoms with van der Waals surface area (Å²) in [6.07, 6.45) is 2.65. The summed E-state index contributed by atoms with van der Waals surface area (Å²) in [5.74, 6) is 1.43. The molecule has 3 heterocycles. The Bertz CT molecular complexity index is 1060. The van der Waals surface area contributed by atoms with Crippen molar-refractivity contribution in [3.05, 3.63) is 42.5 Å². The molecule has 5 bridgehead atoms. The van der Waals surface area contributed by atoms with Gasteiger partial charge in [0.15, 0.2) is 0 Å². The molecule has 6 atom stereocenters. The third kappa shape index (κ3) is 1.60. The first-order chi connectivity index (χ1) is 13.6. The lowest BCUT2D eigenvalue weighted by molar-refractivity contribution is -0.150. The number of hydrogen-bond acceptors (Lipinski definition) is 5. The highest BCUT2D eigenvalue weighted by Crippen LogP contribution is 2.69. The molecule has 0 N–H and O–H groups in total. The number of amides is 1. The van der Waals surface area contributed by atoms with E-state index >= 15 is 0 Å². The van der Waals surface area contributed by atoms with Crippen LogP contribution in [-0.4, -0.2) is 58.7 Å². The number of methoxy groups -OCH3 is 1. The Morgan fingerprint density at radius 1 is 1.43 bits per heavy atom. The maximum atomic E-state index is 13.3. The number of nitrogens with zero attached hydrogens (tertiary/aromatic N) is 4. The van der Waals surface area contributed by atoms with Gasteiger partial charge in [-0.2, -0.15) is 4.68 Å². The lowest BCUT2D eigenvalue weighted by Crippen LogP contribution is -2.54. The average Bonchev–Trinajstić information content (AvgIpc) is 3.26. The van der Waals surface area contributed by atoms with E-state index in [9.17, 15) is 4.79 Å². The maximum absolute atomic E-state index is 13.3. The van der Waals surface area contributed by atoms with Crippen LogP contribution in [0.4, 0.5) is 0 Å². The predicted octanol–water partition coefficient (Wildman–Crippen LogP) is 1.92. The van der Waals surface area contributed by atoms with Gasteiger partial charge < -0.3 is 14.4 Å². The van der Waals surface area contributed by atoms with Gasteiger partial charge in [-0.3, -0.25) is 4.79 Å². The lowest BCUT2D eigenvalue weighted by Gasteiger charge is -2.48. The van der Waals surface area contributed by atoms with Crippen molar-refractivity contribution in [1.82, 2.24) is 19.9 Å². The summed E-state index contributed by atoms with van der Waals surface area (Å²) in [5, 5.41) is 8.65. The van der Waals surface area contributed by atoms with Gasteiger partial charge in [0.1, 0.15) is 5.52 Å². The van der Waals surface area contributed by atoms with Crippen LogP contribution in [0, 0.1) is 23.2 Å². The molecule has 0 spiro atoms. The second-order valence-electron chi connectivity index (χ2n) is 8.30. The van der Waals surface area contributed by atoms with Gasteiger partial charge in [-0.05, 0) is 24.5 Å². The quantitative estimate of drug-likeness (QED) is 0.603. The third-order valence-corrected chi connectivity index (χ3v) is 7.53. The van der Waals surface area contributed by atoms with Crippen molar-refractivity contribution in [3.8, 4) is 0 Å². The van der Waals surface area contributed by atoms with E-state index in [1.807, 2.05) is 42.3 Å². The molecule has 2 aliphatic heterocycles. The zero-order chi connectivity index (χ0) is 19.2. The number of piperidine rings is 1. The highest BCUT2D eigenvalue weighted by atomic mass is 16.5. The lowest BCUT2D eigenvalue weighted by atomic mass is 9.61. The predicted molar refractivity (Wildman–Crippen MR) is 102 cm³/mol. The molecular formula is C21H22N4O3. The largest absolute Gasteiger partial charge is 0.481 e. The molecule has 0 radical (unpaired) electrons. The van der Waals surface area contributed by atoms with Gasteiger partial charge in [0, 0.05) is 30.5 Å². The van der Waals surface area contributed by atoms with Crippen LogP contribution in [0.25, 0.3) is 16.9 Å². The average molecular weight is 378 g/mol. The van der Waals surface area contributed by atoms with Crippen LogP contribution in [0.15, 0.2) is 42.5 Å². The first kappa shape index (κ1) is 16.3. The van der Waals surface area contributed by atoms with Gasteiger partial charge >= 0.3 is 0 Å². The van der Waals surface area contributed by atoms with Gasteiger partial charge in [0.05, 0.1) is 30.8 Å². The third-order valence-electron chi connectivity index (χ3n) is 7.53. The van der Waals surface area contributed by atoms with E-state index in [4.69, 9.17) is 9.47 Å². The van der Waals surface area contributed by atoms with Gasteiger partial charge in [0.25, 0.3) is 0 Å². The number of carbonyl (C=O) groups excluding carboxylic acids is 1. The van der Waals surface area contributed by atoms with E-state index in [1.54, 1.807) is 11.8 Å². The Labute approximate surface area is 162 Å². The molecule has 1 aromatic heterocycles. The van der Waals surface area contributed by atoms with Crippen LogP contribution < -0.4 is 0 Å². The Morgan fingerprint density at radius 3 is 3.04 bits per heavy atom. The van der Waals surface area contributed by atoms with Crippen LogP contribution in [0.2, 0.25) is 0 Å². The molecule has 7 nitrogen and oxygen atoms in total. The standard InChI is InChI=1S/C21H22N4O3/c1-4-21-12-9-15-16(17(21)18(11(12)10-28-15)24(2)20(21)26)19(27-3)25-14-8-6-5-7-13(14)22-23-25/h4-8,11-12,15,17-18H,1,9-10H2,2-3H3. The summed E-state index contributed by atoms with van der Waals surface area (Å²) >= 11 is 0. The number of likely N-dealkylation sites (tertiary alicyclic amines) is 1. The molecule has 1 amide bonds.